The molecule has 3 atom stereocenters. The standard InChI is InChI=1S/C26H32O6/c1-18-13-26(24(27)28,12-9-23(18)32-17-22-16-31-22)25(10-3-2-4-11-25)19-5-7-20(8-6-19)29-14-21-15-30-21/h5-9,12,21-22H,2-4,10-11,13-17H2,1H3,(H,27,28). The lowest BCUT2D eigenvalue weighted by Gasteiger charge is -2.50. The molecule has 32 heavy (non-hydrogen) atoms. The van der Waals surface area contributed by atoms with Gasteiger partial charge in [-0.3, -0.25) is 4.79 Å². The molecule has 6 heteroatoms. The van der Waals surface area contributed by atoms with Gasteiger partial charge in [-0.1, -0.05) is 37.5 Å². The molecule has 2 aliphatic heterocycles. The Morgan fingerprint density at radius 2 is 1.66 bits per heavy atom. The van der Waals surface area contributed by atoms with Crippen molar-refractivity contribution in [2.24, 2.45) is 5.41 Å². The molecular weight excluding hydrogens is 408 g/mol. The lowest BCUT2D eigenvalue weighted by molar-refractivity contribution is -0.151. The van der Waals surface area contributed by atoms with E-state index in [-0.39, 0.29) is 12.2 Å². The molecular formula is C26H32O6. The van der Waals surface area contributed by atoms with E-state index in [1.165, 1.54) is 0 Å². The smallest absolute Gasteiger partial charge is 0.314 e. The quantitative estimate of drug-likeness (QED) is 0.574. The van der Waals surface area contributed by atoms with Gasteiger partial charge in [0.1, 0.15) is 36.9 Å². The molecule has 2 heterocycles. The van der Waals surface area contributed by atoms with Gasteiger partial charge in [-0.05, 0) is 55.5 Å². The number of ether oxygens (including phenoxy) is 4. The summed E-state index contributed by atoms with van der Waals surface area (Å²) in [7, 11) is 0. The van der Waals surface area contributed by atoms with E-state index in [0.717, 1.165) is 68.0 Å². The zero-order chi connectivity index (χ0) is 22.2. The highest BCUT2D eigenvalue weighted by Crippen LogP contribution is 2.57. The van der Waals surface area contributed by atoms with E-state index in [9.17, 15) is 9.90 Å². The van der Waals surface area contributed by atoms with Crippen molar-refractivity contribution in [3.8, 4) is 5.75 Å². The average molecular weight is 441 g/mol. The summed E-state index contributed by atoms with van der Waals surface area (Å²) in [4.78, 5) is 13.0. The van der Waals surface area contributed by atoms with Gasteiger partial charge in [0.05, 0.1) is 18.6 Å². The Bertz CT molecular complexity index is 903. The molecule has 0 radical (unpaired) electrons. The molecule has 1 N–H and O–H groups in total. The molecule has 3 unspecified atom stereocenters. The second-order valence-corrected chi connectivity index (χ2v) is 9.63. The van der Waals surface area contributed by atoms with E-state index in [1.54, 1.807) is 0 Å². The van der Waals surface area contributed by atoms with Gasteiger partial charge in [-0.25, -0.2) is 0 Å². The number of epoxide rings is 2. The van der Waals surface area contributed by atoms with Crippen molar-refractivity contribution in [3.63, 3.8) is 0 Å². The Morgan fingerprint density at radius 1 is 1.03 bits per heavy atom. The van der Waals surface area contributed by atoms with Crippen molar-refractivity contribution < 1.29 is 28.8 Å². The fourth-order valence-electron chi connectivity index (χ4n) is 5.49. The van der Waals surface area contributed by atoms with Crippen LogP contribution < -0.4 is 4.74 Å². The van der Waals surface area contributed by atoms with E-state index >= 15 is 0 Å². The highest BCUT2D eigenvalue weighted by Gasteiger charge is 2.57. The molecule has 172 valence electrons. The van der Waals surface area contributed by atoms with E-state index in [2.05, 4.69) is 12.1 Å². The first kappa shape index (κ1) is 21.5. The second-order valence-electron chi connectivity index (χ2n) is 9.63. The van der Waals surface area contributed by atoms with Gasteiger partial charge in [0.2, 0.25) is 0 Å². The van der Waals surface area contributed by atoms with Gasteiger partial charge in [-0.2, -0.15) is 0 Å². The van der Waals surface area contributed by atoms with Crippen LogP contribution in [0.15, 0.2) is 47.7 Å². The lowest BCUT2D eigenvalue weighted by Crippen LogP contribution is -2.52. The van der Waals surface area contributed by atoms with E-state index < -0.39 is 16.8 Å². The summed E-state index contributed by atoms with van der Waals surface area (Å²) in [6.07, 6.45) is 9.57. The van der Waals surface area contributed by atoms with Crippen molar-refractivity contribution in [3.05, 3.63) is 53.3 Å². The number of benzene rings is 1. The molecule has 3 fully saturated rings. The zero-order valence-electron chi connectivity index (χ0n) is 18.7. The summed E-state index contributed by atoms with van der Waals surface area (Å²) in [6, 6.07) is 8.09. The maximum atomic E-state index is 13.0. The van der Waals surface area contributed by atoms with Crippen LogP contribution in [0.4, 0.5) is 0 Å². The monoisotopic (exact) mass is 440 g/mol. The van der Waals surface area contributed by atoms with Gasteiger partial charge >= 0.3 is 5.97 Å². The molecule has 2 saturated heterocycles. The Balaban J connectivity index is 1.44. The van der Waals surface area contributed by atoms with Gasteiger partial charge < -0.3 is 24.1 Å². The van der Waals surface area contributed by atoms with Gasteiger partial charge in [0, 0.05) is 5.41 Å². The van der Waals surface area contributed by atoms with Crippen LogP contribution in [0.5, 0.6) is 5.75 Å². The Kier molecular flexibility index (Phi) is 5.76. The van der Waals surface area contributed by atoms with Crippen LogP contribution in [0.1, 0.15) is 51.0 Å². The Morgan fingerprint density at radius 3 is 2.22 bits per heavy atom. The normalized spacial score (nSPS) is 30.7. The predicted molar refractivity (Wildman–Crippen MR) is 119 cm³/mol. The maximum Gasteiger partial charge on any atom is 0.314 e. The first-order chi connectivity index (χ1) is 15.5. The molecule has 1 aromatic rings. The van der Waals surface area contributed by atoms with Crippen molar-refractivity contribution in [1.29, 1.82) is 0 Å². The number of hydrogen-bond acceptors (Lipinski definition) is 5. The lowest BCUT2D eigenvalue weighted by atomic mass is 9.51. The molecule has 1 saturated carbocycles. The van der Waals surface area contributed by atoms with Crippen LogP contribution in [0.2, 0.25) is 0 Å². The van der Waals surface area contributed by atoms with Crippen LogP contribution in [-0.4, -0.2) is 49.7 Å². The zero-order valence-corrected chi connectivity index (χ0v) is 18.7. The molecule has 2 aliphatic carbocycles. The van der Waals surface area contributed by atoms with E-state index in [1.807, 2.05) is 31.2 Å². The number of aliphatic carboxylic acids is 1. The summed E-state index contributed by atoms with van der Waals surface area (Å²) >= 11 is 0. The predicted octanol–water partition coefficient (Wildman–Crippen LogP) is 4.39. The average Bonchev–Trinajstić information content (AvgIpc) is 3.73. The number of hydrogen-bond donors (Lipinski definition) is 1. The highest BCUT2D eigenvalue weighted by molar-refractivity contribution is 5.81. The highest BCUT2D eigenvalue weighted by atomic mass is 16.6. The molecule has 1 aromatic carbocycles. The van der Waals surface area contributed by atoms with Crippen molar-refractivity contribution in [2.45, 2.75) is 63.1 Å². The minimum atomic E-state index is -0.995. The first-order valence-electron chi connectivity index (χ1n) is 11.7. The summed E-state index contributed by atoms with van der Waals surface area (Å²) in [5.41, 5.74) is 0.621. The van der Waals surface area contributed by atoms with Crippen molar-refractivity contribution in [2.75, 3.05) is 26.4 Å². The third kappa shape index (κ3) is 4.06. The van der Waals surface area contributed by atoms with Crippen LogP contribution in [0.25, 0.3) is 0 Å². The molecule has 0 aromatic heterocycles. The number of carbonyl (C=O) groups is 1. The summed E-state index contributed by atoms with van der Waals surface area (Å²) < 4.78 is 22.2. The van der Waals surface area contributed by atoms with Gasteiger partial charge in [-0.15, -0.1) is 0 Å². The molecule has 4 aliphatic rings. The largest absolute Gasteiger partial charge is 0.491 e. The van der Waals surface area contributed by atoms with E-state index in [0.29, 0.717) is 19.6 Å². The number of rotatable bonds is 9. The van der Waals surface area contributed by atoms with Gasteiger partial charge in [0.25, 0.3) is 0 Å². The van der Waals surface area contributed by atoms with E-state index in [4.69, 9.17) is 18.9 Å². The Labute approximate surface area is 189 Å². The number of carboxylic acids is 1. The summed E-state index contributed by atoms with van der Waals surface area (Å²) in [6.45, 7) is 4.59. The van der Waals surface area contributed by atoms with Gasteiger partial charge in [0.15, 0.2) is 0 Å². The second kappa shape index (κ2) is 8.56. The number of allylic oxidation sites excluding steroid dienone is 2. The fourth-order valence-corrected chi connectivity index (χ4v) is 5.49. The third-order valence-electron chi connectivity index (χ3n) is 7.50. The van der Waals surface area contributed by atoms with Crippen molar-refractivity contribution >= 4 is 5.97 Å². The van der Waals surface area contributed by atoms with Crippen LogP contribution in [0, 0.1) is 5.41 Å². The third-order valence-corrected chi connectivity index (χ3v) is 7.50. The minimum Gasteiger partial charge on any atom is -0.491 e. The topological polar surface area (TPSA) is 80.8 Å². The SMILES string of the molecule is CC1=C(OCC2CO2)C=CC(C(=O)O)(C2(c3ccc(OCC4CO4)cc3)CCCCC2)C1. The molecule has 0 spiro atoms. The molecule has 6 nitrogen and oxygen atoms in total. The fraction of sp³-hybridized carbons (Fsp3) is 0.577. The minimum absolute atomic E-state index is 0.173. The summed E-state index contributed by atoms with van der Waals surface area (Å²) in [5.74, 6) is 0.827. The maximum absolute atomic E-state index is 13.0. The Hall–Kier alpha value is -2.31. The molecule has 5 rings (SSSR count). The van der Waals surface area contributed by atoms with Crippen molar-refractivity contribution in [1.82, 2.24) is 0 Å². The number of carboxylic acid groups (broad SMARTS) is 1. The summed E-state index contributed by atoms with van der Waals surface area (Å²) in [5, 5.41) is 10.6. The molecule has 0 amide bonds. The first-order valence-corrected chi connectivity index (χ1v) is 11.7. The van der Waals surface area contributed by atoms with Crippen LogP contribution in [0.3, 0.4) is 0 Å². The van der Waals surface area contributed by atoms with Crippen LogP contribution in [-0.2, 0) is 24.4 Å². The molecule has 0 bridgehead atoms. The van der Waals surface area contributed by atoms with Crippen LogP contribution >= 0.6 is 0 Å².